The molecule has 1 heterocycles. The summed E-state index contributed by atoms with van der Waals surface area (Å²) >= 11 is 0. The number of carbonyl (C=O) groups is 2. The summed E-state index contributed by atoms with van der Waals surface area (Å²) in [7, 11) is 3.48. The minimum atomic E-state index is -0.545. The van der Waals surface area contributed by atoms with E-state index in [0.717, 1.165) is 25.7 Å². The molecule has 0 aromatic rings. The van der Waals surface area contributed by atoms with E-state index in [2.05, 4.69) is 51.9 Å². The Balaban J connectivity index is 2.79. The molecule has 192 valence electrons. The largest absolute Gasteiger partial charge is 0.444 e. The number of hydrogen-bond donors (Lipinski definition) is 1. The molecule has 0 aromatic carbocycles. The smallest absolute Gasteiger partial charge is 0.410 e. The molecule has 3 atom stereocenters. The highest BCUT2D eigenvalue weighted by Crippen LogP contribution is 2.40. The number of amides is 2. The maximum Gasteiger partial charge on any atom is 0.410 e. The highest BCUT2D eigenvalue weighted by Gasteiger charge is 2.48. The van der Waals surface area contributed by atoms with Crippen molar-refractivity contribution in [2.75, 3.05) is 14.2 Å². The molecule has 0 aliphatic carbocycles. The molecule has 1 N–H and O–H groups in total. The van der Waals surface area contributed by atoms with Crippen LogP contribution in [0.25, 0.3) is 0 Å². The van der Waals surface area contributed by atoms with E-state index in [4.69, 9.17) is 9.57 Å². The molecule has 0 radical (unpaired) electrons. The first-order valence-corrected chi connectivity index (χ1v) is 12.3. The number of hydroxylamine groups is 2. The average molecular weight is 468 g/mol. The van der Waals surface area contributed by atoms with Gasteiger partial charge < -0.3 is 19.8 Å². The second kappa shape index (κ2) is 11.7. The lowest BCUT2D eigenvalue weighted by Gasteiger charge is -2.54. The van der Waals surface area contributed by atoms with E-state index >= 15 is 0 Å². The van der Waals surface area contributed by atoms with Gasteiger partial charge in [0.1, 0.15) is 5.60 Å². The second-order valence-electron chi connectivity index (χ2n) is 11.7. The third kappa shape index (κ3) is 8.93. The summed E-state index contributed by atoms with van der Waals surface area (Å²) < 4.78 is 5.52. The fourth-order valence-corrected chi connectivity index (χ4v) is 4.90. The average Bonchev–Trinajstić information content (AvgIpc) is 2.63. The summed E-state index contributed by atoms with van der Waals surface area (Å²) in [5.41, 5.74) is -0.858. The van der Waals surface area contributed by atoms with Gasteiger partial charge in [0.15, 0.2) is 0 Å². The van der Waals surface area contributed by atoms with Crippen molar-refractivity contribution in [3.8, 4) is 0 Å². The van der Waals surface area contributed by atoms with Crippen molar-refractivity contribution < 1.29 is 19.2 Å². The molecule has 33 heavy (non-hydrogen) atoms. The number of likely N-dealkylation sites (N-methyl/N-ethyl adjacent to an activating group) is 1. The Morgan fingerprint density at radius 1 is 1.21 bits per heavy atom. The van der Waals surface area contributed by atoms with Crippen LogP contribution in [0.4, 0.5) is 4.79 Å². The molecule has 2 amide bonds. The van der Waals surface area contributed by atoms with Crippen molar-refractivity contribution in [1.82, 2.24) is 15.3 Å². The zero-order valence-electron chi connectivity index (χ0n) is 22.9. The number of hydrogen-bond acceptors (Lipinski definition) is 5. The second-order valence-corrected chi connectivity index (χ2v) is 11.7. The van der Waals surface area contributed by atoms with Crippen LogP contribution in [-0.2, 0) is 14.4 Å². The van der Waals surface area contributed by atoms with Gasteiger partial charge >= 0.3 is 6.09 Å². The number of ether oxygens (including phenoxy) is 1. The molecule has 1 rings (SSSR count). The number of nitrogens with one attached hydrogen (secondary N) is 1. The summed E-state index contributed by atoms with van der Waals surface area (Å²) in [6, 6.07) is -0.0342. The van der Waals surface area contributed by atoms with Crippen LogP contribution in [-0.4, -0.2) is 64.9 Å². The summed E-state index contributed by atoms with van der Waals surface area (Å²) in [6.07, 6.45) is 7.15. The minimum Gasteiger partial charge on any atom is -0.444 e. The summed E-state index contributed by atoms with van der Waals surface area (Å²) in [6.45, 7) is 18.5. The van der Waals surface area contributed by atoms with Crippen LogP contribution in [0.1, 0.15) is 94.4 Å². The monoisotopic (exact) mass is 467 g/mol. The fraction of sp³-hybridized carbons (Fsp3) is 0.846. The van der Waals surface area contributed by atoms with Gasteiger partial charge in [0.25, 0.3) is 0 Å². The van der Waals surface area contributed by atoms with Gasteiger partial charge in [0.2, 0.25) is 5.91 Å². The molecule has 0 spiro atoms. The van der Waals surface area contributed by atoms with Crippen molar-refractivity contribution in [3.05, 3.63) is 12.2 Å². The Kier molecular flexibility index (Phi) is 10.4. The van der Waals surface area contributed by atoms with Gasteiger partial charge in [0.05, 0.1) is 13.2 Å². The van der Waals surface area contributed by atoms with Gasteiger partial charge in [-0.1, -0.05) is 32.9 Å². The first-order valence-electron chi connectivity index (χ1n) is 12.3. The molecule has 0 bridgehead atoms. The number of piperidine rings is 1. The fourth-order valence-electron chi connectivity index (χ4n) is 4.90. The molecule has 7 nitrogen and oxygen atoms in total. The lowest BCUT2D eigenvalue weighted by molar-refractivity contribution is -0.272. The van der Waals surface area contributed by atoms with Gasteiger partial charge in [-0.15, -0.1) is 0 Å². The van der Waals surface area contributed by atoms with Gasteiger partial charge in [-0.25, -0.2) is 4.79 Å². The Labute approximate surface area is 202 Å². The molecule has 1 fully saturated rings. The molecule has 1 aliphatic rings. The van der Waals surface area contributed by atoms with Gasteiger partial charge in [-0.2, -0.15) is 5.06 Å². The van der Waals surface area contributed by atoms with Crippen molar-refractivity contribution in [1.29, 1.82) is 0 Å². The molecular formula is C26H49N3O4. The molecular weight excluding hydrogens is 418 g/mol. The number of carbonyl (C=O) groups excluding carboxylic acids is 2. The van der Waals surface area contributed by atoms with Crippen molar-refractivity contribution >= 4 is 12.0 Å². The van der Waals surface area contributed by atoms with E-state index in [-0.39, 0.29) is 41.6 Å². The van der Waals surface area contributed by atoms with Gasteiger partial charge in [0, 0.05) is 30.6 Å². The van der Waals surface area contributed by atoms with Crippen LogP contribution < -0.4 is 5.32 Å². The summed E-state index contributed by atoms with van der Waals surface area (Å²) in [5, 5.41) is 5.32. The third-order valence-corrected chi connectivity index (χ3v) is 6.33. The van der Waals surface area contributed by atoms with Crippen molar-refractivity contribution in [2.24, 2.45) is 5.92 Å². The lowest BCUT2D eigenvalue weighted by atomic mass is 9.76. The number of rotatable bonds is 9. The Bertz CT molecular complexity index is 684. The van der Waals surface area contributed by atoms with E-state index in [1.165, 1.54) is 0 Å². The Morgan fingerprint density at radius 3 is 2.30 bits per heavy atom. The van der Waals surface area contributed by atoms with E-state index in [1.54, 1.807) is 19.1 Å². The summed E-state index contributed by atoms with van der Waals surface area (Å²) in [5.74, 6) is 0.401. The van der Waals surface area contributed by atoms with E-state index in [0.29, 0.717) is 5.92 Å². The minimum absolute atomic E-state index is 0.000382. The topological polar surface area (TPSA) is 71.1 Å². The van der Waals surface area contributed by atoms with Crippen LogP contribution in [0.5, 0.6) is 0 Å². The summed E-state index contributed by atoms with van der Waals surface area (Å²) in [4.78, 5) is 32.6. The highest BCUT2D eigenvalue weighted by atomic mass is 16.7. The van der Waals surface area contributed by atoms with Crippen LogP contribution in [0, 0.1) is 5.92 Å². The van der Waals surface area contributed by atoms with E-state index in [1.807, 2.05) is 32.9 Å². The first-order chi connectivity index (χ1) is 15.0. The molecule has 0 saturated carbocycles. The molecule has 1 aliphatic heterocycles. The lowest BCUT2D eigenvalue weighted by Crippen LogP contribution is -2.64. The zero-order chi connectivity index (χ0) is 25.6. The van der Waals surface area contributed by atoms with Gasteiger partial charge in [-0.3, -0.25) is 4.79 Å². The third-order valence-electron chi connectivity index (χ3n) is 6.33. The molecule has 1 saturated heterocycles. The number of nitrogens with zero attached hydrogens (tertiary/aromatic N) is 2. The molecule has 3 unspecified atom stereocenters. The zero-order valence-corrected chi connectivity index (χ0v) is 22.9. The highest BCUT2D eigenvalue weighted by molar-refractivity contribution is 5.77. The van der Waals surface area contributed by atoms with Crippen LogP contribution in [0.15, 0.2) is 12.2 Å². The Morgan fingerprint density at radius 2 is 1.82 bits per heavy atom. The molecule has 7 heteroatoms. The van der Waals surface area contributed by atoms with Crippen molar-refractivity contribution in [3.63, 3.8) is 0 Å². The van der Waals surface area contributed by atoms with Crippen LogP contribution in [0.2, 0.25) is 0 Å². The maximum atomic E-state index is 12.8. The predicted octanol–water partition coefficient (Wildman–Crippen LogP) is 5.30. The molecule has 0 aromatic heterocycles. The predicted molar refractivity (Wildman–Crippen MR) is 134 cm³/mol. The standard InChI is InChI=1S/C26H49N3O4/c1-12-26(9)18-20(17-25(7,8)29(26)32-11)27-22(30)15-13-14-21(16-19(2)3)28(10)23(31)33-24(4,5)6/h13-14,19-21H,12,15-18H2,1-11H3,(H,27,30). The first kappa shape index (κ1) is 29.4. The van der Waals surface area contributed by atoms with E-state index < -0.39 is 5.60 Å². The normalized spacial score (nSPS) is 24.7. The van der Waals surface area contributed by atoms with Crippen LogP contribution >= 0.6 is 0 Å². The SMILES string of the molecule is CCC1(C)CC(NC(=O)CC=CC(CC(C)C)N(C)C(=O)OC(C)(C)C)CC(C)(C)N1OC. The Hall–Kier alpha value is -1.60. The quantitative estimate of drug-likeness (QED) is 0.466. The van der Waals surface area contributed by atoms with Crippen molar-refractivity contribution in [2.45, 2.75) is 123 Å². The van der Waals surface area contributed by atoms with Gasteiger partial charge in [-0.05, 0) is 73.1 Å². The van der Waals surface area contributed by atoms with Crippen LogP contribution in [0.3, 0.4) is 0 Å². The maximum absolute atomic E-state index is 12.8. The van der Waals surface area contributed by atoms with E-state index in [9.17, 15) is 9.59 Å².